The van der Waals surface area contributed by atoms with Crippen LogP contribution in [-0.4, -0.2) is 51.6 Å². The van der Waals surface area contributed by atoms with E-state index in [4.69, 9.17) is 0 Å². The molecule has 2 aromatic rings. The summed E-state index contributed by atoms with van der Waals surface area (Å²) < 4.78 is 2.01. The smallest absolute Gasteiger partial charge is 0.165 e. The minimum Gasteiger partial charge on any atom is -0.367 e. The summed E-state index contributed by atoms with van der Waals surface area (Å²) in [4.78, 5) is 15.0. The highest BCUT2D eigenvalue weighted by Crippen LogP contribution is 2.16. The number of imidazole rings is 1. The van der Waals surface area contributed by atoms with E-state index in [1.807, 2.05) is 18.7 Å². The van der Waals surface area contributed by atoms with E-state index in [9.17, 15) is 0 Å². The van der Waals surface area contributed by atoms with E-state index in [0.717, 1.165) is 36.6 Å². The highest BCUT2D eigenvalue weighted by molar-refractivity contribution is 5.82. The average Bonchev–Trinajstić information content (AvgIpc) is 2.72. The van der Waals surface area contributed by atoms with Crippen molar-refractivity contribution in [2.24, 2.45) is 0 Å². The number of nitrogens with zero attached hydrogens (tertiary/aromatic N) is 5. The number of nitrogens with one attached hydrogen (secondary N) is 1. The lowest BCUT2D eigenvalue weighted by atomic mass is 10.4. The second-order valence-electron chi connectivity index (χ2n) is 4.16. The second-order valence-corrected chi connectivity index (χ2v) is 4.16. The maximum absolute atomic E-state index is 4.35. The Morgan fingerprint density at radius 1 is 1.29 bits per heavy atom. The quantitative estimate of drug-likeness (QED) is 0.830. The number of anilines is 1. The first kappa shape index (κ1) is 11.8. The first-order valence-corrected chi connectivity index (χ1v) is 5.76. The van der Waals surface area contributed by atoms with Gasteiger partial charge < -0.3 is 14.8 Å². The van der Waals surface area contributed by atoms with E-state index >= 15 is 0 Å². The van der Waals surface area contributed by atoms with Gasteiger partial charge in [-0.1, -0.05) is 0 Å². The van der Waals surface area contributed by atoms with Gasteiger partial charge in [0.05, 0.1) is 6.33 Å². The number of fused-ring (bicyclic) bond motifs is 1. The summed E-state index contributed by atoms with van der Waals surface area (Å²) in [7, 11) is 4.09. The molecule has 0 aromatic carbocycles. The molecule has 0 amide bonds. The number of hydrogen-bond donors (Lipinski definition) is 1. The van der Waals surface area contributed by atoms with Crippen molar-refractivity contribution in [1.82, 2.24) is 24.4 Å². The molecule has 2 aromatic heterocycles. The van der Waals surface area contributed by atoms with Crippen LogP contribution in [0.25, 0.3) is 11.2 Å². The summed E-state index contributed by atoms with van der Waals surface area (Å²) in [6, 6.07) is 0. The second kappa shape index (κ2) is 5.09. The lowest BCUT2D eigenvalue weighted by Gasteiger charge is -2.10. The minimum absolute atomic E-state index is 0.809. The van der Waals surface area contributed by atoms with Gasteiger partial charge in [-0.3, -0.25) is 0 Å². The van der Waals surface area contributed by atoms with Gasteiger partial charge in [0.2, 0.25) is 0 Å². The van der Waals surface area contributed by atoms with Crippen molar-refractivity contribution < 1.29 is 0 Å². The van der Waals surface area contributed by atoms with Crippen LogP contribution in [0.1, 0.15) is 6.92 Å². The average molecular weight is 234 g/mol. The Kier molecular flexibility index (Phi) is 3.53. The zero-order valence-electron chi connectivity index (χ0n) is 10.5. The van der Waals surface area contributed by atoms with Crippen LogP contribution in [0.15, 0.2) is 12.7 Å². The zero-order valence-corrected chi connectivity index (χ0v) is 10.5. The minimum atomic E-state index is 0.809. The fraction of sp³-hybridized carbons (Fsp3) is 0.545. The highest BCUT2D eigenvalue weighted by atomic mass is 15.2. The van der Waals surface area contributed by atoms with Crippen molar-refractivity contribution >= 4 is 17.0 Å². The molecule has 0 aliphatic heterocycles. The molecule has 6 heteroatoms. The third-order valence-electron chi connectivity index (χ3n) is 2.59. The molecule has 0 fully saturated rings. The van der Waals surface area contributed by atoms with E-state index in [-0.39, 0.29) is 0 Å². The predicted molar refractivity (Wildman–Crippen MR) is 68.0 cm³/mol. The van der Waals surface area contributed by atoms with Crippen LogP contribution >= 0.6 is 0 Å². The lowest BCUT2D eigenvalue weighted by molar-refractivity contribution is 0.425. The Hall–Kier alpha value is -1.69. The normalized spacial score (nSPS) is 11.3. The third kappa shape index (κ3) is 2.52. The Morgan fingerprint density at radius 3 is 2.82 bits per heavy atom. The van der Waals surface area contributed by atoms with Gasteiger partial charge in [0.25, 0.3) is 0 Å². The van der Waals surface area contributed by atoms with Gasteiger partial charge in [0, 0.05) is 19.6 Å². The summed E-state index contributed by atoms with van der Waals surface area (Å²) in [5.41, 5.74) is 1.72. The van der Waals surface area contributed by atoms with Gasteiger partial charge in [0.15, 0.2) is 11.5 Å². The Morgan fingerprint density at radius 2 is 2.12 bits per heavy atom. The van der Waals surface area contributed by atoms with Crippen LogP contribution in [0.3, 0.4) is 0 Å². The number of aryl methyl sites for hydroxylation is 1. The first-order chi connectivity index (χ1) is 8.22. The molecule has 0 saturated carbocycles. The molecule has 0 bridgehead atoms. The molecule has 2 heterocycles. The SMILES string of the molecule is CCn1cnc2c(NCCN(C)C)ncnc21. The molecule has 0 unspecified atom stereocenters. The van der Waals surface area contributed by atoms with Gasteiger partial charge in [-0.05, 0) is 21.0 Å². The zero-order chi connectivity index (χ0) is 12.3. The van der Waals surface area contributed by atoms with Crippen LogP contribution in [0.5, 0.6) is 0 Å². The van der Waals surface area contributed by atoms with Crippen molar-refractivity contribution in [3.63, 3.8) is 0 Å². The third-order valence-corrected chi connectivity index (χ3v) is 2.59. The van der Waals surface area contributed by atoms with Crippen molar-refractivity contribution in [3.05, 3.63) is 12.7 Å². The van der Waals surface area contributed by atoms with Gasteiger partial charge in [-0.2, -0.15) is 0 Å². The maximum Gasteiger partial charge on any atom is 0.165 e. The molecule has 0 radical (unpaired) electrons. The largest absolute Gasteiger partial charge is 0.367 e. The van der Waals surface area contributed by atoms with E-state index < -0.39 is 0 Å². The fourth-order valence-corrected chi connectivity index (χ4v) is 1.64. The van der Waals surface area contributed by atoms with E-state index in [2.05, 4.69) is 32.1 Å². The Bertz CT molecular complexity index is 490. The molecule has 0 saturated heterocycles. The molecule has 0 atom stereocenters. The molecule has 0 spiro atoms. The van der Waals surface area contributed by atoms with Crippen LogP contribution < -0.4 is 5.32 Å². The van der Waals surface area contributed by atoms with Crippen molar-refractivity contribution in [2.45, 2.75) is 13.5 Å². The van der Waals surface area contributed by atoms with Gasteiger partial charge in [-0.15, -0.1) is 0 Å². The summed E-state index contributed by atoms with van der Waals surface area (Å²) in [5, 5.41) is 3.29. The van der Waals surface area contributed by atoms with Crippen LogP contribution in [-0.2, 0) is 6.54 Å². The molecule has 17 heavy (non-hydrogen) atoms. The predicted octanol–water partition coefficient (Wildman–Crippen LogP) is 0.820. The molecule has 2 rings (SSSR count). The summed E-state index contributed by atoms with van der Waals surface area (Å²) in [6.07, 6.45) is 3.38. The molecule has 92 valence electrons. The first-order valence-electron chi connectivity index (χ1n) is 5.76. The number of rotatable bonds is 5. The standard InChI is InChI=1S/C11H18N6/c1-4-17-8-15-9-10(12-5-6-16(2)3)13-7-14-11(9)17/h7-8H,4-6H2,1-3H3,(H,12,13,14). The van der Waals surface area contributed by atoms with Crippen molar-refractivity contribution in [2.75, 3.05) is 32.5 Å². The monoisotopic (exact) mass is 234 g/mol. The molecule has 0 aliphatic carbocycles. The number of aromatic nitrogens is 4. The maximum atomic E-state index is 4.35. The van der Waals surface area contributed by atoms with Crippen molar-refractivity contribution in [1.29, 1.82) is 0 Å². The summed E-state index contributed by atoms with van der Waals surface area (Å²) >= 11 is 0. The van der Waals surface area contributed by atoms with Gasteiger partial charge in [-0.25, -0.2) is 15.0 Å². The van der Waals surface area contributed by atoms with Crippen LogP contribution in [0.2, 0.25) is 0 Å². The molecular weight excluding hydrogens is 216 g/mol. The number of likely N-dealkylation sites (N-methyl/N-ethyl adjacent to an activating group) is 1. The summed E-state index contributed by atoms with van der Waals surface area (Å²) in [5.74, 6) is 0.809. The van der Waals surface area contributed by atoms with E-state index in [1.165, 1.54) is 0 Å². The van der Waals surface area contributed by atoms with E-state index in [0.29, 0.717) is 0 Å². The lowest BCUT2D eigenvalue weighted by Crippen LogP contribution is -2.21. The molecular formula is C11H18N6. The van der Waals surface area contributed by atoms with E-state index in [1.54, 1.807) is 12.7 Å². The fourth-order valence-electron chi connectivity index (χ4n) is 1.64. The Balaban J connectivity index is 2.19. The summed E-state index contributed by atoms with van der Waals surface area (Å²) in [6.45, 7) is 4.74. The van der Waals surface area contributed by atoms with Crippen molar-refractivity contribution in [3.8, 4) is 0 Å². The van der Waals surface area contributed by atoms with Gasteiger partial charge >= 0.3 is 0 Å². The topological polar surface area (TPSA) is 58.9 Å². The van der Waals surface area contributed by atoms with Crippen LogP contribution in [0.4, 0.5) is 5.82 Å². The van der Waals surface area contributed by atoms with Crippen LogP contribution in [0, 0.1) is 0 Å². The molecule has 6 nitrogen and oxygen atoms in total. The number of hydrogen-bond acceptors (Lipinski definition) is 5. The van der Waals surface area contributed by atoms with Gasteiger partial charge in [0.1, 0.15) is 11.8 Å². The molecule has 1 N–H and O–H groups in total. The Labute approximate surface area is 101 Å². The molecule has 0 aliphatic rings. The highest BCUT2D eigenvalue weighted by Gasteiger charge is 2.08.